The molecule has 2 aliphatic rings. The fraction of sp³-hybridized carbons (Fsp3) is 0.538. The van der Waals surface area contributed by atoms with Crippen LogP contribution in [0.1, 0.15) is 33.1 Å². The first kappa shape index (κ1) is 9.57. The van der Waals surface area contributed by atoms with Crippen LogP contribution >= 0.6 is 0 Å². The highest BCUT2D eigenvalue weighted by molar-refractivity contribution is 5.37. The van der Waals surface area contributed by atoms with Gasteiger partial charge < -0.3 is 5.32 Å². The molecule has 0 saturated carbocycles. The second-order valence-corrected chi connectivity index (χ2v) is 4.81. The van der Waals surface area contributed by atoms with Crippen LogP contribution in [0.5, 0.6) is 0 Å². The Labute approximate surface area is 86.6 Å². The minimum atomic E-state index is 0.202. The molecule has 1 N–H and O–H groups in total. The molecule has 0 amide bonds. The maximum atomic E-state index is 3.50. The van der Waals surface area contributed by atoms with Gasteiger partial charge in [0.2, 0.25) is 0 Å². The third-order valence-electron chi connectivity index (χ3n) is 2.93. The standard InChI is InChI=1S/C13H19N/c1-13(2)8-6-11-5-3-4-10-14-12(11)7-9-13/h6-9,14H,3-5,10H2,1-2H3. The molecular weight excluding hydrogens is 170 g/mol. The second kappa shape index (κ2) is 3.64. The van der Waals surface area contributed by atoms with E-state index in [1.54, 1.807) is 0 Å². The third kappa shape index (κ3) is 2.09. The van der Waals surface area contributed by atoms with Crippen LogP contribution in [0.4, 0.5) is 0 Å². The number of nitrogens with one attached hydrogen (secondary N) is 1. The van der Waals surface area contributed by atoms with Crippen molar-refractivity contribution in [3.63, 3.8) is 0 Å². The molecule has 1 heterocycles. The number of allylic oxidation sites excluding steroid dienone is 5. The smallest absolute Gasteiger partial charge is 0.0369 e. The van der Waals surface area contributed by atoms with Gasteiger partial charge in [-0.05, 0) is 30.9 Å². The minimum Gasteiger partial charge on any atom is -0.385 e. The van der Waals surface area contributed by atoms with Crippen molar-refractivity contribution < 1.29 is 0 Å². The maximum absolute atomic E-state index is 3.50. The van der Waals surface area contributed by atoms with E-state index in [4.69, 9.17) is 0 Å². The molecule has 0 unspecified atom stereocenters. The Balaban J connectivity index is 2.29. The van der Waals surface area contributed by atoms with Crippen molar-refractivity contribution in [3.8, 4) is 0 Å². The molecule has 0 fully saturated rings. The summed E-state index contributed by atoms with van der Waals surface area (Å²) in [4.78, 5) is 0. The molecule has 0 aromatic heterocycles. The SMILES string of the molecule is CC1(C)C=CC2=C(C=C1)NCCCC2. The molecule has 1 aliphatic carbocycles. The Hall–Kier alpha value is -0.980. The summed E-state index contributed by atoms with van der Waals surface area (Å²) < 4.78 is 0. The van der Waals surface area contributed by atoms with Gasteiger partial charge in [0.1, 0.15) is 0 Å². The molecule has 0 bridgehead atoms. The topological polar surface area (TPSA) is 12.0 Å². The highest BCUT2D eigenvalue weighted by Gasteiger charge is 2.15. The Bertz CT molecular complexity index is 277. The molecular formula is C13H19N. The van der Waals surface area contributed by atoms with Crippen LogP contribution in [0.25, 0.3) is 0 Å². The number of rotatable bonds is 0. The van der Waals surface area contributed by atoms with Crippen LogP contribution in [0, 0.1) is 5.41 Å². The molecule has 0 radical (unpaired) electrons. The molecule has 2 rings (SSSR count). The van der Waals surface area contributed by atoms with E-state index in [0.717, 1.165) is 6.54 Å². The summed E-state index contributed by atoms with van der Waals surface area (Å²) in [6, 6.07) is 0. The summed E-state index contributed by atoms with van der Waals surface area (Å²) in [6.45, 7) is 5.61. The van der Waals surface area contributed by atoms with E-state index >= 15 is 0 Å². The zero-order valence-corrected chi connectivity index (χ0v) is 9.14. The fourth-order valence-corrected chi connectivity index (χ4v) is 1.92. The first-order valence-electron chi connectivity index (χ1n) is 5.53. The molecule has 0 aromatic rings. The zero-order valence-electron chi connectivity index (χ0n) is 9.14. The van der Waals surface area contributed by atoms with E-state index in [2.05, 4.69) is 43.5 Å². The van der Waals surface area contributed by atoms with E-state index in [1.807, 2.05) is 0 Å². The predicted octanol–water partition coefficient (Wildman–Crippen LogP) is 3.17. The largest absolute Gasteiger partial charge is 0.385 e. The first-order valence-corrected chi connectivity index (χ1v) is 5.53. The van der Waals surface area contributed by atoms with Crippen LogP contribution in [-0.4, -0.2) is 6.54 Å². The van der Waals surface area contributed by atoms with Gasteiger partial charge in [0.25, 0.3) is 0 Å². The summed E-state index contributed by atoms with van der Waals surface area (Å²) in [5.74, 6) is 0. The Kier molecular flexibility index (Phi) is 2.49. The molecule has 1 heteroatoms. The van der Waals surface area contributed by atoms with Gasteiger partial charge in [-0.2, -0.15) is 0 Å². The summed E-state index contributed by atoms with van der Waals surface area (Å²) >= 11 is 0. The van der Waals surface area contributed by atoms with Gasteiger partial charge >= 0.3 is 0 Å². The van der Waals surface area contributed by atoms with Gasteiger partial charge in [0.15, 0.2) is 0 Å². The summed E-state index contributed by atoms with van der Waals surface area (Å²) in [7, 11) is 0. The van der Waals surface area contributed by atoms with Crippen LogP contribution in [0.3, 0.4) is 0 Å². The van der Waals surface area contributed by atoms with Crippen molar-refractivity contribution in [1.82, 2.24) is 5.32 Å². The van der Waals surface area contributed by atoms with Crippen molar-refractivity contribution in [2.24, 2.45) is 5.41 Å². The van der Waals surface area contributed by atoms with Gasteiger partial charge in [-0.1, -0.05) is 32.1 Å². The van der Waals surface area contributed by atoms with Crippen molar-refractivity contribution in [2.75, 3.05) is 6.54 Å². The van der Waals surface area contributed by atoms with Gasteiger partial charge in [-0.3, -0.25) is 0 Å². The van der Waals surface area contributed by atoms with Crippen LogP contribution in [0.2, 0.25) is 0 Å². The van der Waals surface area contributed by atoms with Crippen molar-refractivity contribution in [2.45, 2.75) is 33.1 Å². The van der Waals surface area contributed by atoms with E-state index in [0.29, 0.717) is 0 Å². The molecule has 0 atom stereocenters. The highest BCUT2D eigenvalue weighted by atomic mass is 14.9. The Morgan fingerprint density at radius 3 is 2.79 bits per heavy atom. The fourth-order valence-electron chi connectivity index (χ4n) is 1.92. The summed E-state index contributed by atoms with van der Waals surface area (Å²) in [5, 5.41) is 3.50. The number of hydrogen-bond donors (Lipinski definition) is 1. The molecule has 1 nitrogen and oxygen atoms in total. The number of hydrogen-bond acceptors (Lipinski definition) is 1. The van der Waals surface area contributed by atoms with E-state index in [1.165, 1.54) is 30.5 Å². The highest BCUT2D eigenvalue weighted by Crippen LogP contribution is 2.27. The third-order valence-corrected chi connectivity index (χ3v) is 2.93. The van der Waals surface area contributed by atoms with Crippen molar-refractivity contribution in [3.05, 3.63) is 35.6 Å². The molecule has 0 aromatic carbocycles. The lowest BCUT2D eigenvalue weighted by Gasteiger charge is -2.12. The first-order chi connectivity index (χ1) is 6.67. The Morgan fingerprint density at radius 2 is 1.93 bits per heavy atom. The lowest BCUT2D eigenvalue weighted by Crippen LogP contribution is -2.12. The van der Waals surface area contributed by atoms with Gasteiger partial charge in [-0.15, -0.1) is 0 Å². The summed E-state index contributed by atoms with van der Waals surface area (Å²) in [5.41, 5.74) is 3.02. The monoisotopic (exact) mass is 189 g/mol. The van der Waals surface area contributed by atoms with Crippen molar-refractivity contribution >= 4 is 0 Å². The van der Waals surface area contributed by atoms with Gasteiger partial charge in [0, 0.05) is 17.7 Å². The quantitative estimate of drug-likeness (QED) is 0.617. The second-order valence-electron chi connectivity index (χ2n) is 4.81. The van der Waals surface area contributed by atoms with E-state index in [-0.39, 0.29) is 5.41 Å². The van der Waals surface area contributed by atoms with Crippen molar-refractivity contribution in [1.29, 1.82) is 0 Å². The van der Waals surface area contributed by atoms with Crippen LogP contribution in [-0.2, 0) is 0 Å². The molecule has 76 valence electrons. The molecule has 1 aliphatic heterocycles. The summed E-state index contributed by atoms with van der Waals surface area (Å²) in [6.07, 6.45) is 13.0. The molecule has 14 heavy (non-hydrogen) atoms. The lowest BCUT2D eigenvalue weighted by molar-refractivity contribution is 0.624. The van der Waals surface area contributed by atoms with Gasteiger partial charge in [-0.25, -0.2) is 0 Å². The van der Waals surface area contributed by atoms with E-state index < -0.39 is 0 Å². The molecule has 0 saturated heterocycles. The average molecular weight is 189 g/mol. The maximum Gasteiger partial charge on any atom is 0.0369 e. The normalized spacial score (nSPS) is 25.0. The van der Waals surface area contributed by atoms with Crippen LogP contribution in [0.15, 0.2) is 35.6 Å². The minimum absolute atomic E-state index is 0.202. The Morgan fingerprint density at radius 1 is 1.14 bits per heavy atom. The average Bonchev–Trinajstić information content (AvgIpc) is 2.42. The predicted molar refractivity (Wildman–Crippen MR) is 60.9 cm³/mol. The van der Waals surface area contributed by atoms with E-state index in [9.17, 15) is 0 Å². The van der Waals surface area contributed by atoms with Gasteiger partial charge in [0.05, 0.1) is 0 Å². The molecule has 0 spiro atoms. The lowest BCUT2D eigenvalue weighted by atomic mass is 9.93. The zero-order chi connectivity index (χ0) is 10.0. The van der Waals surface area contributed by atoms with Crippen LogP contribution < -0.4 is 5.32 Å².